The second kappa shape index (κ2) is 8.53. The Morgan fingerprint density at radius 2 is 1.88 bits per heavy atom. The molecule has 0 heterocycles. The molecule has 2 rings (SSSR count). The van der Waals surface area contributed by atoms with Crippen LogP contribution in [0.4, 0.5) is 16.2 Å². The Morgan fingerprint density at radius 3 is 2.56 bits per heavy atom. The summed E-state index contributed by atoms with van der Waals surface area (Å²) in [4.78, 5) is 25.5. The first-order valence-corrected chi connectivity index (χ1v) is 8.44. The van der Waals surface area contributed by atoms with Crippen molar-refractivity contribution < 1.29 is 9.59 Å². The largest absolute Gasteiger partial charge is 0.326 e. The molecule has 6 heteroatoms. The van der Waals surface area contributed by atoms with Crippen molar-refractivity contribution in [1.82, 2.24) is 4.90 Å². The molecule has 0 fully saturated rings. The summed E-state index contributed by atoms with van der Waals surface area (Å²) >= 11 is 5.98. The van der Waals surface area contributed by atoms with Crippen molar-refractivity contribution in [2.24, 2.45) is 0 Å². The van der Waals surface area contributed by atoms with E-state index in [-0.39, 0.29) is 11.9 Å². The van der Waals surface area contributed by atoms with E-state index in [1.807, 2.05) is 37.3 Å². The fourth-order valence-corrected chi connectivity index (χ4v) is 2.49. The number of rotatable bonds is 5. The fourth-order valence-electron chi connectivity index (χ4n) is 2.28. The minimum atomic E-state index is -0.234. The number of carbonyl (C=O) groups is 2. The quantitative estimate of drug-likeness (QED) is 0.815. The molecule has 132 valence electrons. The van der Waals surface area contributed by atoms with Crippen LogP contribution >= 0.6 is 11.6 Å². The smallest absolute Gasteiger partial charge is 0.321 e. The van der Waals surface area contributed by atoms with Crippen molar-refractivity contribution in [3.05, 3.63) is 58.6 Å². The van der Waals surface area contributed by atoms with E-state index in [0.717, 1.165) is 11.1 Å². The molecule has 3 amide bonds. The summed E-state index contributed by atoms with van der Waals surface area (Å²) in [6.07, 6.45) is 0.401. The van der Waals surface area contributed by atoms with E-state index in [1.165, 1.54) is 0 Å². The number of halogens is 1. The van der Waals surface area contributed by atoms with Crippen molar-refractivity contribution in [1.29, 1.82) is 0 Å². The van der Waals surface area contributed by atoms with Crippen LogP contribution in [0.25, 0.3) is 0 Å². The molecule has 2 aromatic rings. The van der Waals surface area contributed by atoms with Gasteiger partial charge in [0.25, 0.3) is 0 Å². The van der Waals surface area contributed by atoms with E-state index in [2.05, 4.69) is 10.6 Å². The predicted octanol–water partition coefficient (Wildman–Crippen LogP) is 4.66. The highest BCUT2D eigenvalue weighted by molar-refractivity contribution is 6.30. The number of amides is 3. The number of benzene rings is 2. The molecule has 5 nitrogen and oxygen atoms in total. The minimum absolute atomic E-state index is 0.0702. The molecule has 0 aliphatic rings. The number of nitrogens with one attached hydrogen (secondary N) is 2. The van der Waals surface area contributed by atoms with Gasteiger partial charge < -0.3 is 15.5 Å². The molecule has 0 radical (unpaired) electrons. The van der Waals surface area contributed by atoms with Crippen LogP contribution in [0, 0.1) is 6.92 Å². The zero-order chi connectivity index (χ0) is 18.4. The van der Waals surface area contributed by atoms with Crippen LogP contribution in [0.1, 0.15) is 24.5 Å². The molecule has 2 N–H and O–H groups in total. The Labute approximate surface area is 153 Å². The SMILES string of the molecule is CCC(=O)Nc1ccc(C)c(NC(=O)N(C)Cc2cccc(Cl)c2)c1. The van der Waals surface area contributed by atoms with Gasteiger partial charge in [-0.15, -0.1) is 0 Å². The number of hydrogen-bond donors (Lipinski definition) is 2. The van der Waals surface area contributed by atoms with Gasteiger partial charge in [0.15, 0.2) is 0 Å². The first-order valence-electron chi connectivity index (χ1n) is 8.06. The molecule has 0 unspecified atom stereocenters. The molecule has 0 saturated heterocycles. The minimum Gasteiger partial charge on any atom is -0.326 e. The number of urea groups is 1. The molecule has 0 aliphatic heterocycles. The third-order valence-corrected chi connectivity index (χ3v) is 3.97. The van der Waals surface area contributed by atoms with Crippen LogP contribution in [0.5, 0.6) is 0 Å². The lowest BCUT2D eigenvalue weighted by atomic mass is 10.1. The zero-order valence-corrected chi connectivity index (χ0v) is 15.4. The number of carbonyl (C=O) groups excluding carboxylic acids is 2. The Bertz CT molecular complexity index is 777. The molecule has 2 aromatic carbocycles. The number of nitrogens with zero attached hydrogens (tertiary/aromatic N) is 1. The maximum atomic E-state index is 12.4. The number of anilines is 2. The summed E-state index contributed by atoms with van der Waals surface area (Å²) in [6.45, 7) is 4.13. The summed E-state index contributed by atoms with van der Waals surface area (Å²) in [6, 6.07) is 12.6. The lowest BCUT2D eigenvalue weighted by Gasteiger charge is -2.19. The van der Waals surface area contributed by atoms with E-state index in [4.69, 9.17) is 11.6 Å². The first kappa shape index (κ1) is 18.8. The van der Waals surface area contributed by atoms with Gasteiger partial charge in [-0.25, -0.2) is 4.79 Å². The monoisotopic (exact) mass is 359 g/mol. The summed E-state index contributed by atoms with van der Waals surface area (Å²) < 4.78 is 0. The van der Waals surface area contributed by atoms with E-state index in [1.54, 1.807) is 31.0 Å². The van der Waals surface area contributed by atoms with E-state index >= 15 is 0 Å². The van der Waals surface area contributed by atoms with Crippen molar-refractivity contribution in [2.75, 3.05) is 17.7 Å². The van der Waals surface area contributed by atoms with Gasteiger partial charge in [-0.2, -0.15) is 0 Å². The highest BCUT2D eigenvalue weighted by Gasteiger charge is 2.12. The van der Waals surface area contributed by atoms with Crippen molar-refractivity contribution in [3.8, 4) is 0 Å². The predicted molar refractivity (Wildman–Crippen MR) is 102 cm³/mol. The Morgan fingerprint density at radius 1 is 1.12 bits per heavy atom. The van der Waals surface area contributed by atoms with Gasteiger partial charge in [0, 0.05) is 36.4 Å². The third-order valence-electron chi connectivity index (χ3n) is 3.74. The summed E-state index contributed by atoms with van der Waals surface area (Å²) in [5.41, 5.74) is 3.19. The first-order chi connectivity index (χ1) is 11.9. The Balaban J connectivity index is 2.06. The van der Waals surface area contributed by atoms with E-state index < -0.39 is 0 Å². The van der Waals surface area contributed by atoms with Gasteiger partial charge >= 0.3 is 6.03 Å². The van der Waals surface area contributed by atoms with Gasteiger partial charge in [0.2, 0.25) is 5.91 Å². The molecular weight excluding hydrogens is 338 g/mol. The van der Waals surface area contributed by atoms with Gasteiger partial charge in [0.1, 0.15) is 0 Å². The molecule has 0 spiro atoms. The molecule has 0 bridgehead atoms. The maximum absolute atomic E-state index is 12.4. The molecule has 0 aliphatic carbocycles. The van der Waals surface area contributed by atoms with Crippen molar-refractivity contribution in [2.45, 2.75) is 26.8 Å². The number of aryl methyl sites for hydroxylation is 1. The van der Waals surface area contributed by atoms with Gasteiger partial charge in [-0.05, 0) is 42.3 Å². The van der Waals surface area contributed by atoms with Gasteiger partial charge in [0.05, 0.1) is 0 Å². The summed E-state index contributed by atoms with van der Waals surface area (Å²) in [5.74, 6) is -0.0702. The van der Waals surface area contributed by atoms with Crippen LogP contribution in [0.3, 0.4) is 0 Å². The molecule has 0 aromatic heterocycles. The maximum Gasteiger partial charge on any atom is 0.321 e. The third kappa shape index (κ3) is 5.50. The standard InChI is InChI=1S/C19H22ClN3O2/c1-4-18(24)21-16-9-8-13(2)17(11-16)22-19(25)23(3)12-14-6-5-7-15(20)10-14/h5-11H,4,12H2,1-3H3,(H,21,24)(H,22,25). The lowest BCUT2D eigenvalue weighted by molar-refractivity contribution is -0.115. The van der Waals surface area contributed by atoms with Crippen molar-refractivity contribution >= 4 is 34.9 Å². The van der Waals surface area contributed by atoms with Crippen LogP contribution in [-0.2, 0) is 11.3 Å². The Kier molecular flexibility index (Phi) is 6.42. The topological polar surface area (TPSA) is 61.4 Å². The van der Waals surface area contributed by atoms with Crippen LogP contribution in [0.2, 0.25) is 5.02 Å². The van der Waals surface area contributed by atoms with Gasteiger partial charge in [-0.3, -0.25) is 4.79 Å². The van der Waals surface area contributed by atoms with Crippen LogP contribution in [0.15, 0.2) is 42.5 Å². The highest BCUT2D eigenvalue weighted by atomic mass is 35.5. The highest BCUT2D eigenvalue weighted by Crippen LogP contribution is 2.21. The number of hydrogen-bond acceptors (Lipinski definition) is 2. The summed E-state index contributed by atoms with van der Waals surface area (Å²) in [5, 5.41) is 6.31. The second-order valence-corrected chi connectivity index (χ2v) is 6.28. The van der Waals surface area contributed by atoms with E-state index in [9.17, 15) is 9.59 Å². The average Bonchev–Trinajstić information content (AvgIpc) is 2.57. The van der Waals surface area contributed by atoms with Gasteiger partial charge in [-0.1, -0.05) is 36.7 Å². The molecule has 0 atom stereocenters. The van der Waals surface area contributed by atoms with E-state index in [0.29, 0.717) is 29.4 Å². The lowest BCUT2D eigenvalue weighted by Crippen LogP contribution is -2.31. The fraction of sp³-hybridized carbons (Fsp3) is 0.263. The average molecular weight is 360 g/mol. The Hall–Kier alpha value is -2.53. The van der Waals surface area contributed by atoms with Crippen LogP contribution < -0.4 is 10.6 Å². The zero-order valence-electron chi connectivity index (χ0n) is 14.6. The molecule has 0 saturated carbocycles. The molecular formula is C19H22ClN3O2. The van der Waals surface area contributed by atoms with Crippen molar-refractivity contribution in [3.63, 3.8) is 0 Å². The van der Waals surface area contributed by atoms with Crippen LogP contribution in [-0.4, -0.2) is 23.9 Å². The normalized spacial score (nSPS) is 10.2. The second-order valence-electron chi connectivity index (χ2n) is 5.85. The summed E-state index contributed by atoms with van der Waals surface area (Å²) in [7, 11) is 1.72. The molecule has 25 heavy (non-hydrogen) atoms.